The molecule has 0 aliphatic carbocycles. The average Bonchev–Trinajstić information content (AvgIpc) is 2.81. The normalized spacial score (nSPS) is 10.4. The van der Waals surface area contributed by atoms with Crippen LogP contribution < -0.4 is 4.57 Å². The molecule has 0 aliphatic rings. The second-order valence-electron chi connectivity index (χ2n) is 3.69. The second kappa shape index (κ2) is 7.13. The molecule has 0 unspecified atom stereocenters. The van der Waals surface area contributed by atoms with Crippen molar-refractivity contribution in [1.82, 2.24) is 0 Å². The van der Waals surface area contributed by atoms with Crippen molar-refractivity contribution in [2.75, 3.05) is 6.26 Å². The van der Waals surface area contributed by atoms with Crippen molar-refractivity contribution >= 4 is 27.2 Å². The minimum atomic E-state index is -3.92. The maximum atomic E-state index is 11.7. The number of carbonyl (C=O) groups excluding carboxylic acids is 1. The molecule has 0 N–H and O–H groups in total. The Morgan fingerprint density at radius 3 is 2.37 bits per heavy atom. The number of carbonyl (C=O) groups is 1. The Bertz CT molecular complexity index is 598. The largest absolute Gasteiger partial charge is 0.748 e. The summed E-state index contributed by atoms with van der Waals surface area (Å²) in [4.78, 5) is 11.7. The molecular formula is C12H13NO4S2. The van der Waals surface area contributed by atoms with Crippen LogP contribution in [0.1, 0.15) is 10.4 Å². The molecule has 7 heteroatoms. The lowest BCUT2D eigenvalue weighted by molar-refractivity contribution is -0.678. The third-order valence-corrected chi connectivity index (χ3v) is 2.62. The van der Waals surface area contributed by atoms with Crippen molar-refractivity contribution < 1.29 is 22.3 Å². The van der Waals surface area contributed by atoms with Crippen molar-refractivity contribution in [3.05, 3.63) is 53.0 Å². The molecule has 0 fully saturated rings. The Balaban J connectivity index is 0.000000312. The Kier molecular flexibility index (Phi) is 5.81. The fourth-order valence-corrected chi connectivity index (χ4v) is 1.83. The summed E-state index contributed by atoms with van der Waals surface area (Å²) in [5, 5.41) is 1.96. The van der Waals surface area contributed by atoms with Crippen LogP contribution in [0, 0.1) is 0 Å². The molecular weight excluding hydrogens is 286 g/mol. The van der Waals surface area contributed by atoms with E-state index in [-0.39, 0.29) is 5.78 Å². The SMILES string of the molecule is CS(=O)(=O)[O-].O=C(C[n+]1ccsc1)c1ccccc1. The summed E-state index contributed by atoms with van der Waals surface area (Å²) < 4.78 is 29.1. The van der Waals surface area contributed by atoms with E-state index in [1.54, 1.807) is 11.3 Å². The number of ketones is 1. The number of aromatic nitrogens is 1. The standard InChI is InChI=1S/C11H10NOS.CH4O3S/c13-11(8-12-6-7-14-9-12)10-4-2-1-3-5-10;1-5(2,3)4/h1-7,9H,8H2;1H3,(H,2,3,4)/q+1;/p-1. The first-order valence-electron chi connectivity index (χ1n) is 5.26. The third kappa shape index (κ3) is 7.45. The zero-order valence-electron chi connectivity index (χ0n) is 10.2. The van der Waals surface area contributed by atoms with Gasteiger partial charge in [0.25, 0.3) is 0 Å². The number of nitrogens with zero attached hydrogens (tertiary/aromatic N) is 1. The molecule has 5 nitrogen and oxygen atoms in total. The van der Waals surface area contributed by atoms with E-state index in [1.807, 2.05) is 52.0 Å². The number of benzene rings is 1. The highest BCUT2D eigenvalue weighted by atomic mass is 32.2. The highest BCUT2D eigenvalue weighted by Gasteiger charge is 2.10. The molecule has 0 atom stereocenters. The van der Waals surface area contributed by atoms with Crippen molar-refractivity contribution in [1.29, 1.82) is 0 Å². The monoisotopic (exact) mass is 299 g/mol. The first-order valence-corrected chi connectivity index (χ1v) is 8.02. The van der Waals surface area contributed by atoms with E-state index in [1.165, 1.54) is 0 Å². The van der Waals surface area contributed by atoms with Gasteiger partial charge in [0.15, 0.2) is 6.20 Å². The fourth-order valence-electron chi connectivity index (χ4n) is 1.23. The molecule has 0 amide bonds. The van der Waals surface area contributed by atoms with E-state index >= 15 is 0 Å². The summed E-state index contributed by atoms with van der Waals surface area (Å²) in [6.45, 7) is 0.424. The predicted molar refractivity (Wildman–Crippen MR) is 70.9 cm³/mol. The molecule has 2 aromatic rings. The van der Waals surface area contributed by atoms with Crippen LogP contribution in [-0.2, 0) is 16.7 Å². The summed E-state index contributed by atoms with van der Waals surface area (Å²) in [7, 11) is -3.92. The van der Waals surface area contributed by atoms with Gasteiger partial charge in [0, 0.05) is 11.8 Å². The Labute approximate surface area is 115 Å². The number of hydrogen-bond donors (Lipinski definition) is 0. The molecule has 1 aromatic carbocycles. The molecule has 0 bridgehead atoms. The van der Waals surface area contributed by atoms with Gasteiger partial charge in [-0.25, -0.2) is 8.42 Å². The van der Waals surface area contributed by atoms with Gasteiger partial charge >= 0.3 is 0 Å². The summed E-state index contributed by atoms with van der Waals surface area (Å²) in [5.74, 6) is 0.147. The van der Waals surface area contributed by atoms with E-state index in [0.717, 1.165) is 5.56 Å². The molecule has 0 radical (unpaired) electrons. The van der Waals surface area contributed by atoms with Crippen LogP contribution in [-0.4, -0.2) is 25.0 Å². The van der Waals surface area contributed by atoms with Gasteiger partial charge in [-0.1, -0.05) is 41.7 Å². The zero-order chi connectivity index (χ0) is 14.3. The number of rotatable bonds is 3. The van der Waals surface area contributed by atoms with Gasteiger partial charge in [0.2, 0.25) is 17.8 Å². The minimum Gasteiger partial charge on any atom is -0.748 e. The summed E-state index contributed by atoms with van der Waals surface area (Å²) in [6, 6.07) is 9.36. The van der Waals surface area contributed by atoms with Crippen LogP contribution in [0.15, 0.2) is 47.4 Å². The topological polar surface area (TPSA) is 78.2 Å². The lowest BCUT2D eigenvalue weighted by Crippen LogP contribution is -2.34. The number of thiazole rings is 1. The van der Waals surface area contributed by atoms with E-state index in [0.29, 0.717) is 12.8 Å². The van der Waals surface area contributed by atoms with Crippen molar-refractivity contribution in [3.63, 3.8) is 0 Å². The van der Waals surface area contributed by atoms with E-state index < -0.39 is 10.1 Å². The van der Waals surface area contributed by atoms with Crippen LogP contribution in [0.2, 0.25) is 0 Å². The van der Waals surface area contributed by atoms with Gasteiger partial charge in [-0.05, 0) is 0 Å². The van der Waals surface area contributed by atoms with Gasteiger partial charge in [0.1, 0.15) is 0 Å². The molecule has 2 rings (SSSR count). The maximum Gasteiger partial charge on any atom is 0.227 e. The highest BCUT2D eigenvalue weighted by molar-refractivity contribution is 7.84. The second-order valence-corrected chi connectivity index (χ2v) is 5.86. The maximum absolute atomic E-state index is 11.7. The zero-order valence-corrected chi connectivity index (χ0v) is 11.9. The molecule has 1 aromatic heterocycles. The lowest BCUT2D eigenvalue weighted by atomic mass is 10.1. The molecule has 0 saturated carbocycles. The third-order valence-electron chi connectivity index (χ3n) is 1.95. The van der Waals surface area contributed by atoms with Gasteiger partial charge in [-0.15, -0.1) is 0 Å². The van der Waals surface area contributed by atoms with Crippen molar-refractivity contribution in [2.24, 2.45) is 0 Å². The average molecular weight is 299 g/mol. The highest BCUT2D eigenvalue weighted by Crippen LogP contribution is 2.00. The smallest absolute Gasteiger partial charge is 0.227 e. The van der Waals surface area contributed by atoms with Crippen LogP contribution in [0.5, 0.6) is 0 Å². The Hall–Kier alpha value is -1.57. The molecule has 19 heavy (non-hydrogen) atoms. The van der Waals surface area contributed by atoms with Crippen molar-refractivity contribution in [2.45, 2.75) is 6.54 Å². The molecule has 0 aliphatic heterocycles. The first-order chi connectivity index (χ1) is 8.86. The van der Waals surface area contributed by atoms with E-state index in [2.05, 4.69) is 0 Å². The molecule has 1 heterocycles. The number of Topliss-reactive ketones (excluding diaryl/α,β-unsaturated/α-hetero) is 1. The summed E-state index contributed by atoms with van der Waals surface area (Å²) >= 11 is 1.59. The van der Waals surface area contributed by atoms with Crippen LogP contribution >= 0.6 is 11.3 Å². The molecule has 102 valence electrons. The van der Waals surface area contributed by atoms with Crippen molar-refractivity contribution in [3.8, 4) is 0 Å². The Morgan fingerprint density at radius 1 is 1.32 bits per heavy atom. The van der Waals surface area contributed by atoms with E-state index in [9.17, 15) is 4.79 Å². The molecule has 0 saturated heterocycles. The predicted octanol–water partition coefficient (Wildman–Crippen LogP) is 1.08. The van der Waals surface area contributed by atoms with Gasteiger partial charge in [-0.3, -0.25) is 4.79 Å². The van der Waals surface area contributed by atoms with E-state index in [4.69, 9.17) is 13.0 Å². The van der Waals surface area contributed by atoms with Gasteiger partial charge in [-0.2, -0.15) is 4.57 Å². The quantitative estimate of drug-likeness (QED) is 0.482. The lowest BCUT2D eigenvalue weighted by Gasteiger charge is -1.94. The fraction of sp³-hybridized carbons (Fsp3) is 0.167. The Morgan fingerprint density at radius 2 is 1.89 bits per heavy atom. The summed E-state index contributed by atoms with van der Waals surface area (Å²) in [5.41, 5.74) is 2.70. The van der Waals surface area contributed by atoms with Gasteiger partial charge < -0.3 is 4.55 Å². The first kappa shape index (κ1) is 15.5. The minimum absolute atomic E-state index is 0.147. The van der Waals surface area contributed by atoms with Crippen LogP contribution in [0.3, 0.4) is 0 Å². The number of hydrogen-bond acceptors (Lipinski definition) is 5. The van der Waals surface area contributed by atoms with Crippen LogP contribution in [0.25, 0.3) is 0 Å². The summed E-state index contributed by atoms with van der Waals surface area (Å²) in [6.07, 6.45) is 2.51. The van der Waals surface area contributed by atoms with Crippen LogP contribution in [0.4, 0.5) is 0 Å². The molecule has 0 spiro atoms. The van der Waals surface area contributed by atoms with Gasteiger partial charge in [0.05, 0.1) is 15.5 Å².